The van der Waals surface area contributed by atoms with Crippen molar-refractivity contribution in [1.82, 2.24) is 5.32 Å². The van der Waals surface area contributed by atoms with E-state index in [1.807, 2.05) is 0 Å². The highest BCUT2D eigenvalue weighted by molar-refractivity contribution is 5.85. The second-order valence-electron chi connectivity index (χ2n) is 3.71. The molecule has 1 saturated heterocycles. The quantitative estimate of drug-likeness (QED) is 0.786. The fraction of sp³-hybridized carbons (Fsp3) is 0.455. The number of hydrogen-bond acceptors (Lipinski definition) is 1. The second kappa shape index (κ2) is 5.42. The first-order valence-corrected chi connectivity index (χ1v) is 4.95. The molecule has 1 N–H and O–H groups in total. The summed E-state index contributed by atoms with van der Waals surface area (Å²) in [6.45, 7) is 0.933. The van der Waals surface area contributed by atoms with E-state index in [4.69, 9.17) is 0 Å². The van der Waals surface area contributed by atoms with Crippen LogP contribution in [-0.4, -0.2) is 6.54 Å². The highest BCUT2D eigenvalue weighted by Gasteiger charge is 2.15. The molecular weight excluding hydrogens is 220 g/mol. The molecular formula is C11H14ClF2N. The molecule has 0 amide bonds. The Morgan fingerprint density at radius 2 is 1.73 bits per heavy atom. The van der Waals surface area contributed by atoms with Crippen LogP contribution in [-0.2, 0) is 0 Å². The summed E-state index contributed by atoms with van der Waals surface area (Å²) in [4.78, 5) is 0. The average molecular weight is 234 g/mol. The maximum Gasteiger partial charge on any atom is 0.126 e. The van der Waals surface area contributed by atoms with Crippen LogP contribution in [0.3, 0.4) is 0 Å². The molecule has 1 fully saturated rings. The first kappa shape index (κ1) is 12.4. The molecule has 1 aromatic rings. The zero-order chi connectivity index (χ0) is 9.97. The summed E-state index contributed by atoms with van der Waals surface area (Å²) in [5.74, 6) is -0.986. The summed E-state index contributed by atoms with van der Waals surface area (Å²) >= 11 is 0. The number of piperidine rings is 1. The van der Waals surface area contributed by atoms with Gasteiger partial charge in [-0.15, -0.1) is 12.4 Å². The zero-order valence-electron chi connectivity index (χ0n) is 8.30. The number of benzene rings is 1. The first-order valence-electron chi connectivity index (χ1n) is 4.95. The van der Waals surface area contributed by atoms with Crippen molar-refractivity contribution in [2.75, 3.05) is 6.54 Å². The normalized spacial score (nSPS) is 20.8. The summed E-state index contributed by atoms with van der Waals surface area (Å²) in [7, 11) is 0. The average Bonchev–Trinajstić information content (AvgIpc) is 2.18. The summed E-state index contributed by atoms with van der Waals surface area (Å²) in [6.07, 6.45) is 3.23. The van der Waals surface area contributed by atoms with Crippen LogP contribution in [0.4, 0.5) is 8.78 Å². The molecule has 0 radical (unpaired) electrons. The van der Waals surface area contributed by atoms with Gasteiger partial charge in [0.15, 0.2) is 0 Å². The van der Waals surface area contributed by atoms with Crippen molar-refractivity contribution in [3.63, 3.8) is 0 Å². The lowest BCUT2D eigenvalue weighted by molar-refractivity contribution is 0.409. The van der Waals surface area contributed by atoms with Crippen LogP contribution in [0.5, 0.6) is 0 Å². The molecule has 0 aliphatic carbocycles. The molecule has 0 spiro atoms. The number of hydrogen-bond donors (Lipinski definition) is 1. The molecule has 1 aromatic carbocycles. The molecule has 2 rings (SSSR count). The zero-order valence-corrected chi connectivity index (χ0v) is 9.12. The van der Waals surface area contributed by atoms with Crippen LogP contribution < -0.4 is 5.32 Å². The molecule has 0 saturated carbocycles. The standard InChI is InChI=1S/C11H13F2N.ClH/c12-9-5-8(6-10(13)7-9)11-3-1-2-4-14-11;/h5-7,11,14H,1-4H2;1H/t11-;/m0./s1. The Labute approximate surface area is 94.3 Å². The topological polar surface area (TPSA) is 12.0 Å². The number of halogens is 3. The third-order valence-electron chi connectivity index (χ3n) is 2.60. The molecule has 1 aliphatic heterocycles. The number of rotatable bonds is 1. The van der Waals surface area contributed by atoms with Gasteiger partial charge in [-0.2, -0.15) is 0 Å². The van der Waals surface area contributed by atoms with Crippen molar-refractivity contribution in [2.24, 2.45) is 0 Å². The van der Waals surface area contributed by atoms with Gasteiger partial charge in [-0.1, -0.05) is 6.42 Å². The van der Waals surface area contributed by atoms with Gasteiger partial charge >= 0.3 is 0 Å². The van der Waals surface area contributed by atoms with E-state index >= 15 is 0 Å². The lowest BCUT2D eigenvalue weighted by Gasteiger charge is -2.23. The van der Waals surface area contributed by atoms with Crippen molar-refractivity contribution < 1.29 is 8.78 Å². The molecule has 0 unspecified atom stereocenters. The number of nitrogens with one attached hydrogen (secondary N) is 1. The van der Waals surface area contributed by atoms with Crippen molar-refractivity contribution in [3.05, 3.63) is 35.4 Å². The molecule has 1 atom stereocenters. The van der Waals surface area contributed by atoms with Crippen LogP contribution in [0.25, 0.3) is 0 Å². The molecule has 4 heteroatoms. The van der Waals surface area contributed by atoms with Gasteiger partial charge in [0.1, 0.15) is 11.6 Å². The molecule has 1 aliphatic rings. The molecule has 84 valence electrons. The second-order valence-corrected chi connectivity index (χ2v) is 3.71. The van der Waals surface area contributed by atoms with Gasteiger partial charge in [0, 0.05) is 12.1 Å². The Balaban J connectivity index is 0.00000112. The third kappa shape index (κ3) is 3.14. The van der Waals surface area contributed by atoms with E-state index in [0.29, 0.717) is 0 Å². The minimum atomic E-state index is -0.493. The Hall–Kier alpha value is -0.670. The van der Waals surface area contributed by atoms with Gasteiger partial charge < -0.3 is 5.32 Å². The summed E-state index contributed by atoms with van der Waals surface area (Å²) < 4.78 is 25.8. The highest BCUT2D eigenvalue weighted by Crippen LogP contribution is 2.24. The van der Waals surface area contributed by atoms with E-state index in [1.165, 1.54) is 12.1 Å². The van der Waals surface area contributed by atoms with E-state index in [1.54, 1.807) is 0 Å². The largest absolute Gasteiger partial charge is 0.310 e. The Morgan fingerprint density at radius 3 is 2.27 bits per heavy atom. The SMILES string of the molecule is Cl.Fc1cc(F)cc([C@@H]2CCCCN2)c1. The first-order chi connectivity index (χ1) is 6.75. The molecule has 1 heterocycles. The smallest absolute Gasteiger partial charge is 0.126 e. The van der Waals surface area contributed by atoms with Crippen LogP contribution in [0.2, 0.25) is 0 Å². The van der Waals surface area contributed by atoms with Gasteiger partial charge in [0.25, 0.3) is 0 Å². The van der Waals surface area contributed by atoms with Crippen molar-refractivity contribution >= 4 is 12.4 Å². The predicted molar refractivity (Wildman–Crippen MR) is 58.2 cm³/mol. The van der Waals surface area contributed by atoms with E-state index in [0.717, 1.165) is 37.4 Å². The van der Waals surface area contributed by atoms with Crippen molar-refractivity contribution in [2.45, 2.75) is 25.3 Å². The monoisotopic (exact) mass is 233 g/mol. The summed E-state index contributed by atoms with van der Waals surface area (Å²) in [5.41, 5.74) is 0.724. The van der Waals surface area contributed by atoms with Crippen molar-refractivity contribution in [3.8, 4) is 0 Å². The van der Waals surface area contributed by atoms with Crippen LogP contribution in [0, 0.1) is 11.6 Å². The van der Waals surface area contributed by atoms with Gasteiger partial charge in [-0.05, 0) is 37.1 Å². The van der Waals surface area contributed by atoms with E-state index in [-0.39, 0.29) is 18.4 Å². The van der Waals surface area contributed by atoms with E-state index in [9.17, 15) is 8.78 Å². The Kier molecular flexibility index (Phi) is 4.48. The van der Waals surface area contributed by atoms with Crippen LogP contribution >= 0.6 is 12.4 Å². The van der Waals surface area contributed by atoms with Gasteiger partial charge in [-0.3, -0.25) is 0 Å². The fourth-order valence-corrected chi connectivity index (χ4v) is 1.91. The summed E-state index contributed by atoms with van der Waals surface area (Å²) in [5, 5.41) is 3.26. The van der Waals surface area contributed by atoms with E-state index < -0.39 is 11.6 Å². The maximum atomic E-state index is 12.9. The van der Waals surface area contributed by atoms with E-state index in [2.05, 4.69) is 5.32 Å². The Bertz CT molecular complexity index is 304. The molecule has 1 nitrogen and oxygen atoms in total. The minimum Gasteiger partial charge on any atom is -0.310 e. The predicted octanol–water partition coefficient (Wildman–Crippen LogP) is 3.20. The van der Waals surface area contributed by atoms with Crippen LogP contribution in [0.15, 0.2) is 18.2 Å². The van der Waals surface area contributed by atoms with Gasteiger partial charge in [0.2, 0.25) is 0 Å². The summed E-state index contributed by atoms with van der Waals surface area (Å²) in [6, 6.07) is 3.85. The fourth-order valence-electron chi connectivity index (χ4n) is 1.91. The highest BCUT2D eigenvalue weighted by atomic mass is 35.5. The molecule has 0 aromatic heterocycles. The van der Waals surface area contributed by atoms with Gasteiger partial charge in [0.05, 0.1) is 0 Å². The van der Waals surface area contributed by atoms with Crippen molar-refractivity contribution in [1.29, 1.82) is 0 Å². The lowest BCUT2D eigenvalue weighted by Crippen LogP contribution is -2.26. The maximum absolute atomic E-state index is 12.9. The van der Waals surface area contributed by atoms with Crippen LogP contribution in [0.1, 0.15) is 30.9 Å². The molecule has 15 heavy (non-hydrogen) atoms. The van der Waals surface area contributed by atoms with Gasteiger partial charge in [-0.25, -0.2) is 8.78 Å². The third-order valence-corrected chi connectivity index (χ3v) is 2.60. The lowest BCUT2D eigenvalue weighted by atomic mass is 9.97. The molecule has 0 bridgehead atoms. The Morgan fingerprint density at radius 1 is 1.07 bits per heavy atom. The minimum absolute atomic E-state index is 0.